The van der Waals surface area contributed by atoms with E-state index in [2.05, 4.69) is 16.0 Å². The second-order valence-corrected chi connectivity index (χ2v) is 4.59. The van der Waals surface area contributed by atoms with Crippen molar-refractivity contribution in [2.45, 2.75) is 12.8 Å². The third-order valence-electron chi connectivity index (χ3n) is 3.34. The average Bonchev–Trinajstić information content (AvgIpc) is 2.48. The summed E-state index contributed by atoms with van der Waals surface area (Å²) < 4.78 is 7.35. The molecule has 0 fully saturated rings. The second-order valence-electron chi connectivity index (χ2n) is 4.59. The van der Waals surface area contributed by atoms with Gasteiger partial charge in [-0.1, -0.05) is 6.07 Å². The third kappa shape index (κ3) is 3.35. The van der Waals surface area contributed by atoms with Crippen LogP contribution in [0.25, 0.3) is 0 Å². The van der Waals surface area contributed by atoms with E-state index in [9.17, 15) is 4.79 Å². The highest BCUT2D eigenvalue weighted by atomic mass is 16.5. The molecule has 4 nitrogen and oxygen atoms in total. The molecule has 0 atom stereocenters. The Bertz CT molecular complexity index is 597. The van der Waals surface area contributed by atoms with Crippen molar-refractivity contribution in [2.24, 2.45) is 7.05 Å². The number of benzene rings is 1. The number of carbonyl (C=O) groups is 1. The summed E-state index contributed by atoms with van der Waals surface area (Å²) in [6.45, 7) is 0. The molecule has 1 N–H and O–H groups in total. The molecule has 20 heavy (non-hydrogen) atoms. The predicted molar refractivity (Wildman–Crippen MR) is 77.7 cm³/mol. The standard InChI is InChI=1S/C16H18N2O2/c1-18-10-4-3-5-14(18)7-6-13-11-15(20-2)8-9-16(13)17-12-19/h3-5,8-12H,6-7H2,1-2H3/p+1. The van der Waals surface area contributed by atoms with Crippen molar-refractivity contribution >= 4 is 12.1 Å². The van der Waals surface area contributed by atoms with Crippen LogP contribution in [0.5, 0.6) is 5.75 Å². The molecule has 0 spiro atoms. The van der Waals surface area contributed by atoms with Crippen LogP contribution in [0.15, 0.2) is 42.6 Å². The van der Waals surface area contributed by atoms with Gasteiger partial charge in [0, 0.05) is 24.2 Å². The summed E-state index contributed by atoms with van der Waals surface area (Å²) in [6.07, 6.45) is 4.47. The molecule has 0 saturated carbocycles. The molecule has 0 unspecified atom stereocenters. The molecule has 0 aliphatic carbocycles. The van der Waals surface area contributed by atoms with Crippen LogP contribution in [0.1, 0.15) is 11.3 Å². The lowest BCUT2D eigenvalue weighted by Gasteiger charge is -2.10. The number of nitrogens with one attached hydrogen (secondary N) is 1. The van der Waals surface area contributed by atoms with Gasteiger partial charge in [0.05, 0.1) is 7.11 Å². The lowest BCUT2D eigenvalue weighted by molar-refractivity contribution is -0.679. The van der Waals surface area contributed by atoms with Crippen molar-refractivity contribution in [3.63, 3.8) is 0 Å². The average molecular weight is 271 g/mol. The van der Waals surface area contributed by atoms with Gasteiger partial charge in [-0.05, 0) is 30.2 Å². The van der Waals surface area contributed by atoms with Crippen LogP contribution in [0, 0.1) is 0 Å². The number of anilines is 1. The molecule has 1 amide bonds. The van der Waals surface area contributed by atoms with Gasteiger partial charge in [0.1, 0.15) is 12.8 Å². The summed E-state index contributed by atoms with van der Waals surface area (Å²) in [6, 6.07) is 11.8. The van der Waals surface area contributed by atoms with E-state index in [4.69, 9.17) is 4.74 Å². The molecular formula is C16H19N2O2+. The maximum absolute atomic E-state index is 10.7. The van der Waals surface area contributed by atoms with Crippen molar-refractivity contribution in [3.05, 3.63) is 53.9 Å². The van der Waals surface area contributed by atoms with Gasteiger partial charge < -0.3 is 10.1 Å². The zero-order valence-electron chi connectivity index (χ0n) is 11.8. The number of methoxy groups -OCH3 is 1. The summed E-state index contributed by atoms with van der Waals surface area (Å²) in [7, 11) is 3.68. The Labute approximate surface area is 119 Å². The molecule has 2 aromatic rings. The minimum atomic E-state index is 0.702. The van der Waals surface area contributed by atoms with E-state index < -0.39 is 0 Å². The third-order valence-corrected chi connectivity index (χ3v) is 3.34. The van der Waals surface area contributed by atoms with Crippen molar-refractivity contribution in [3.8, 4) is 5.75 Å². The summed E-state index contributed by atoms with van der Waals surface area (Å²) in [5, 5.41) is 2.74. The number of ether oxygens (including phenoxy) is 1. The molecule has 1 aromatic carbocycles. The Morgan fingerprint density at radius 3 is 2.80 bits per heavy atom. The SMILES string of the molecule is COc1ccc(NC=O)c(CCc2cccc[n+]2C)c1. The highest BCUT2D eigenvalue weighted by molar-refractivity contribution is 5.73. The van der Waals surface area contributed by atoms with Crippen LogP contribution in [0.3, 0.4) is 0 Å². The first-order valence-electron chi connectivity index (χ1n) is 6.55. The van der Waals surface area contributed by atoms with Crippen LogP contribution < -0.4 is 14.6 Å². The van der Waals surface area contributed by atoms with Gasteiger partial charge in [-0.15, -0.1) is 0 Å². The van der Waals surface area contributed by atoms with E-state index in [1.807, 2.05) is 43.6 Å². The Balaban J connectivity index is 2.19. The fourth-order valence-electron chi connectivity index (χ4n) is 2.19. The molecular weight excluding hydrogens is 252 g/mol. The first-order valence-corrected chi connectivity index (χ1v) is 6.55. The summed E-state index contributed by atoms with van der Waals surface area (Å²) >= 11 is 0. The first kappa shape index (κ1) is 14.1. The monoisotopic (exact) mass is 271 g/mol. The van der Waals surface area contributed by atoms with Gasteiger partial charge in [-0.25, -0.2) is 4.57 Å². The molecule has 1 heterocycles. The number of rotatable bonds is 6. The fraction of sp³-hybridized carbons (Fsp3) is 0.250. The van der Waals surface area contributed by atoms with Crippen LogP contribution >= 0.6 is 0 Å². The van der Waals surface area contributed by atoms with Crippen LogP contribution in [-0.4, -0.2) is 13.5 Å². The van der Waals surface area contributed by atoms with Gasteiger partial charge in [-0.2, -0.15) is 0 Å². The number of aromatic nitrogens is 1. The number of carbonyl (C=O) groups excluding carboxylic acids is 1. The molecule has 0 saturated heterocycles. The lowest BCUT2D eigenvalue weighted by atomic mass is 10.0. The highest BCUT2D eigenvalue weighted by Gasteiger charge is 2.09. The molecule has 0 aliphatic rings. The molecule has 0 radical (unpaired) electrons. The van der Waals surface area contributed by atoms with Gasteiger partial charge >= 0.3 is 0 Å². The molecule has 2 rings (SSSR count). The second kappa shape index (κ2) is 6.70. The maximum Gasteiger partial charge on any atom is 0.211 e. The molecule has 1 aromatic heterocycles. The first-order chi connectivity index (χ1) is 9.74. The van der Waals surface area contributed by atoms with E-state index >= 15 is 0 Å². The van der Waals surface area contributed by atoms with E-state index in [1.165, 1.54) is 5.69 Å². The van der Waals surface area contributed by atoms with Crippen LogP contribution in [0.4, 0.5) is 5.69 Å². The fourth-order valence-corrected chi connectivity index (χ4v) is 2.19. The van der Waals surface area contributed by atoms with Crippen LogP contribution in [0.2, 0.25) is 0 Å². The van der Waals surface area contributed by atoms with Gasteiger partial charge in [-0.3, -0.25) is 4.79 Å². The Morgan fingerprint density at radius 2 is 2.10 bits per heavy atom. The summed E-state index contributed by atoms with van der Waals surface area (Å²) in [5.74, 6) is 0.800. The lowest BCUT2D eigenvalue weighted by Crippen LogP contribution is -2.32. The summed E-state index contributed by atoms with van der Waals surface area (Å²) in [4.78, 5) is 10.7. The molecule has 0 aliphatic heterocycles. The number of hydrogen-bond donors (Lipinski definition) is 1. The predicted octanol–water partition coefficient (Wildman–Crippen LogP) is 1.87. The van der Waals surface area contributed by atoms with Gasteiger partial charge in [0.2, 0.25) is 6.41 Å². The topological polar surface area (TPSA) is 42.2 Å². The van der Waals surface area contributed by atoms with Crippen LogP contribution in [-0.2, 0) is 24.7 Å². The maximum atomic E-state index is 10.7. The van der Waals surface area contributed by atoms with E-state index in [0.717, 1.165) is 29.8 Å². The molecule has 104 valence electrons. The van der Waals surface area contributed by atoms with Gasteiger partial charge in [0.15, 0.2) is 11.9 Å². The minimum absolute atomic E-state index is 0.702. The van der Waals surface area contributed by atoms with E-state index in [1.54, 1.807) is 7.11 Å². The highest BCUT2D eigenvalue weighted by Crippen LogP contribution is 2.23. The Morgan fingerprint density at radius 1 is 1.25 bits per heavy atom. The smallest absolute Gasteiger partial charge is 0.211 e. The number of amides is 1. The number of aryl methyl sites for hydroxylation is 3. The Kier molecular flexibility index (Phi) is 4.71. The minimum Gasteiger partial charge on any atom is -0.497 e. The van der Waals surface area contributed by atoms with Crippen molar-refractivity contribution in [1.82, 2.24) is 0 Å². The van der Waals surface area contributed by atoms with E-state index in [-0.39, 0.29) is 0 Å². The zero-order chi connectivity index (χ0) is 14.4. The number of pyridine rings is 1. The molecule has 4 heteroatoms. The van der Waals surface area contributed by atoms with Gasteiger partial charge in [0.25, 0.3) is 0 Å². The quantitative estimate of drug-likeness (QED) is 0.644. The Hall–Kier alpha value is -2.36. The summed E-state index contributed by atoms with van der Waals surface area (Å²) in [5.41, 5.74) is 3.15. The van der Waals surface area contributed by atoms with Crippen molar-refractivity contribution in [2.75, 3.05) is 12.4 Å². The van der Waals surface area contributed by atoms with Crippen molar-refractivity contribution in [1.29, 1.82) is 0 Å². The largest absolute Gasteiger partial charge is 0.497 e. The van der Waals surface area contributed by atoms with E-state index in [0.29, 0.717) is 6.41 Å². The normalized spacial score (nSPS) is 10.1. The number of nitrogens with zero attached hydrogens (tertiary/aromatic N) is 1. The van der Waals surface area contributed by atoms with Crippen molar-refractivity contribution < 1.29 is 14.1 Å². The molecule has 0 bridgehead atoms. The zero-order valence-corrected chi connectivity index (χ0v) is 11.8. The number of hydrogen-bond acceptors (Lipinski definition) is 2.